The number of aromatic nitrogens is 3. The number of benzene rings is 1. The van der Waals surface area contributed by atoms with Crippen LogP contribution in [0.4, 0.5) is 0 Å². The Morgan fingerprint density at radius 3 is 3.00 bits per heavy atom. The van der Waals surface area contributed by atoms with Crippen LogP contribution in [-0.4, -0.2) is 51.1 Å². The molecule has 2 heterocycles. The van der Waals surface area contributed by atoms with E-state index in [2.05, 4.69) is 10.1 Å². The summed E-state index contributed by atoms with van der Waals surface area (Å²) in [6, 6.07) is 6.91. The molecule has 1 aromatic carbocycles. The van der Waals surface area contributed by atoms with Crippen LogP contribution in [-0.2, 0) is 11.2 Å². The van der Waals surface area contributed by atoms with Gasteiger partial charge >= 0.3 is 5.97 Å². The van der Waals surface area contributed by atoms with E-state index in [9.17, 15) is 9.90 Å². The summed E-state index contributed by atoms with van der Waals surface area (Å²) in [5.74, 6) is 1.68. The average Bonchev–Trinajstić information content (AvgIpc) is 3.22. The van der Waals surface area contributed by atoms with Gasteiger partial charge in [0.2, 0.25) is 0 Å². The highest BCUT2D eigenvalue weighted by Crippen LogP contribution is 2.27. The largest absolute Gasteiger partial charge is 0.478 e. The number of carboxylic acids is 1. The molecule has 0 spiro atoms. The molecule has 0 unspecified atom stereocenters. The standard InChI is InChI=1S/C16H19N3O3S/c1-23-9-7-14-17-15(11-6-8-22-10-11)19(18-14)13-5-3-2-4-12(13)16(20)21/h2-5,11H,6-10H2,1H3,(H,20,21)/t11-/m0/s1. The fourth-order valence-corrected chi connectivity index (χ4v) is 3.07. The summed E-state index contributed by atoms with van der Waals surface area (Å²) in [7, 11) is 0. The Morgan fingerprint density at radius 1 is 1.48 bits per heavy atom. The average molecular weight is 333 g/mol. The van der Waals surface area contributed by atoms with Gasteiger partial charge in [-0.1, -0.05) is 12.1 Å². The Bertz CT molecular complexity index is 696. The lowest BCUT2D eigenvalue weighted by atomic mass is 10.1. The van der Waals surface area contributed by atoms with Crippen LogP contribution in [0.2, 0.25) is 0 Å². The molecule has 0 saturated carbocycles. The number of carbonyl (C=O) groups is 1. The number of hydrogen-bond acceptors (Lipinski definition) is 5. The normalized spacial score (nSPS) is 17.5. The summed E-state index contributed by atoms with van der Waals surface area (Å²) in [6.07, 6.45) is 3.70. The molecule has 7 heteroatoms. The summed E-state index contributed by atoms with van der Waals surface area (Å²) >= 11 is 1.74. The Morgan fingerprint density at radius 2 is 2.30 bits per heavy atom. The molecule has 6 nitrogen and oxygen atoms in total. The van der Waals surface area contributed by atoms with Crippen LogP contribution >= 0.6 is 11.8 Å². The van der Waals surface area contributed by atoms with Crippen LogP contribution in [0, 0.1) is 0 Å². The van der Waals surface area contributed by atoms with Crippen molar-refractivity contribution in [3.8, 4) is 5.69 Å². The van der Waals surface area contributed by atoms with Gasteiger partial charge in [0.05, 0.1) is 17.9 Å². The van der Waals surface area contributed by atoms with Crippen LogP contribution < -0.4 is 0 Å². The molecular formula is C16H19N3O3S. The molecule has 0 amide bonds. The minimum Gasteiger partial charge on any atom is -0.478 e. The second-order valence-corrected chi connectivity index (χ2v) is 6.41. The second-order valence-electron chi connectivity index (χ2n) is 5.42. The zero-order chi connectivity index (χ0) is 16.2. The van der Waals surface area contributed by atoms with Crippen molar-refractivity contribution in [1.82, 2.24) is 14.8 Å². The van der Waals surface area contributed by atoms with Gasteiger partial charge in [-0.2, -0.15) is 16.9 Å². The van der Waals surface area contributed by atoms with E-state index < -0.39 is 5.97 Å². The number of aromatic carboxylic acids is 1. The van der Waals surface area contributed by atoms with Crippen molar-refractivity contribution in [2.24, 2.45) is 0 Å². The van der Waals surface area contributed by atoms with Crippen LogP contribution in [0.15, 0.2) is 24.3 Å². The summed E-state index contributed by atoms with van der Waals surface area (Å²) in [6.45, 7) is 1.31. The van der Waals surface area contributed by atoms with Crippen molar-refractivity contribution in [2.75, 3.05) is 25.2 Å². The first-order valence-corrected chi connectivity index (χ1v) is 8.95. The Hall–Kier alpha value is -1.86. The number of hydrogen-bond donors (Lipinski definition) is 1. The molecule has 1 aliphatic heterocycles. The molecule has 3 rings (SSSR count). The molecule has 1 atom stereocenters. The minimum absolute atomic E-state index is 0.160. The maximum atomic E-state index is 11.5. The molecule has 1 N–H and O–H groups in total. The lowest BCUT2D eigenvalue weighted by molar-refractivity contribution is 0.0696. The molecule has 1 aliphatic rings. The van der Waals surface area contributed by atoms with Crippen molar-refractivity contribution < 1.29 is 14.6 Å². The fraction of sp³-hybridized carbons (Fsp3) is 0.438. The van der Waals surface area contributed by atoms with E-state index in [0.717, 1.165) is 30.2 Å². The third-order valence-electron chi connectivity index (χ3n) is 3.86. The van der Waals surface area contributed by atoms with E-state index in [1.165, 1.54) is 0 Å². The molecule has 0 bridgehead atoms. The molecule has 23 heavy (non-hydrogen) atoms. The number of thioether (sulfide) groups is 1. The summed E-state index contributed by atoms with van der Waals surface area (Å²) in [4.78, 5) is 16.2. The van der Waals surface area contributed by atoms with Gasteiger partial charge in [-0.15, -0.1) is 0 Å². The molecule has 1 aromatic heterocycles. The predicted molar refractivity (Wildman–Crippen MR) is 88.6 cm³/mol. The summed E-state index contributed by atoms with van der Waals surface area (Å²) in [5.41, 5.74) is 0.791. The van der Waals surface area contributed by atoms with Crippen molar-refractivity contribution in [3.05, 3.63) is 41.5 Å². The molecule has 1 saturated heterocycles. The fourth-order valence-electron chi connectivity index (χ4n) is 2.69. The van der Waals surface area contributed by atoms with Gasteiger partial charge in [0, 0.05) is 24.7 Å². The highest BCUT2D eigenvalue weighted by Gasteiger charge is 2.26. The van der Waals surface area contributed by atoms with E-state index in [-0.39, 0.29) is 11.5 Å². The molecule has 2 aromatic rings. The predicted octanol–water partition coefficient (Wildman–Crippen LogP) is 2.37. The molecule has 0 aliphatic carbocycles. The SMILES string of the molecule is CSCCc1nc([C@H]2CCOC2)n(-c2ccccc2C(=O)O)n1. The lowest BCUT2D eigenvalue weighted by Gasteiger charge is -2.11. The van der Waals surface area contributed by atoms with Gasteiger partial charge in [-0.25, -0.2) is 14.5 Å². The van der Waals surface area contributed by atoms with Crippen molar-refractivity contribution >= 4 is 17.7 Å². The third-order valence-corrected chi connectivity index (χ3v) is 4.48. The quantitative estimate of drug-likeness (QED) is 0.874. The first-order chi connectivity index (χ1) is 11.2. The van der Waals surface area contributed by atoms with Gasteiger partial charge in [0.25, 0.3) is 0 Å². The van der Waals surface area contributed by atoms with Crippen molar-refractivity contribution in [2.45, 2.75) is 18.8 Å². The number of aryl methyl sites for hydroxylation is 1. The second kappa shape index (κ2) is 7.14. The zero-order valence-electron chi connectivity index (χ0n) is 12.9. The van der Waals surface area contributed by atoms with Crippen LogP contribution in [0.1, 0.15) is 34.3 Å². The van der Waals surface area contributed by atoms with Crippen molar-refractivity contribution in [1.29, 1.82) is 0 Å². The van der Waals surface area contributed by atoms with Gasteiger partial charge in [-0.05, 0) is 24.8 Å². The van der Waals surface area contributed by atoms with Crippen LogP contribution in [0.5, 0.6) is 0 Å². The number of rotatable bonds is 6. The highest BCUT2D eigenvalue weighted by molar-refractivity contribution is 7.98. The third kappa shape index (κ3) is 3.40. The molecule has 122 valence electrons. The topological polar surface area (TPSA) is 77.2 Å². The monoisotopic (exact) mass is 333 g/mol. The number of carboxylic acid groups (broad SMARTS) is 1. The maximum Gasteiger partial charge on any atom is 0.337 e. The van der Waals surface area contributed by atoms with E-state index >= 15 is 0 Å². The Balaban J connectivity index is 2.06. The smallest absolute Gasteiger partial charge is 0.337 e. The van der Waals surface area contributed by atoms with E-state index in [1.807, 2.05) is 12.3 Å². The van der Waals surface area contributed by atoms with Gasteiger partial charge in [0.15, 0.2) is 5.82 Å². The number of para-hydroxylation sites is 1. The first-order valence-electron chi connectivity index (χ1n) is 7.56. The maximum absolute atomic E-state index is 11.5. The molecule has 1 fully saturated rings. The van der Waals surface area contributed by atoms with Crippen molar-refractivity contribution in [3.63, 3.8) is 0 Å². The van der Waals surface area contributed by atoms with E-state index in [0.29, 0.717) is 18.9 Å². The summed E-state index contributed by atoms with van der Waals surface area (Å²) < 4.78 is 7.16. The van der Waals surface area contributed by atoms with Gasteiger partial charge < -0.3 is 9.84 Å². The highest BCUT2D eigenvalue weighted by atomic mass is 32.2. The lowest BCUT2D eigenvalue weighted by Crippen LogP contribution is -2.12. The van der Waals surface area contributed by atoms with Gasteiger partial charge in [0.1, 0.15) is 5.82 Å². The van der Waals surface area contributed by atoms with E-state index in [1.54, 1.807) is 34.6 Å². The van der Waals surface area contributed by atoms with Crippen LogP contribution in [0.3, 0.4) is 0 Å². The molecule has 0 radical (unpaired) electrons. The molecular weight excluding hydrogens is 314 g/mol. The number of ether oxygens (including phenoxy) is 1. The van der Waals surface area contributed by atoms with Crippen LogP contribution in [0.25, 0.3) is 5.69 Å². The Labute approximate surface area is 138 Å². The minimum atomic E-state index is -0.963. The number of nitrogens with zero attached hydrogens (tertiary/aromatic N) is 3. The van der Waals surface area contributed by atoms with Gasteiger partial charge in [-0.3, -0.25) is 0 Å². The Kier molecular flexibility index (Phi) is 4.97. The first kappa shape index (κ1) is 16.0. The zero-order valence-corrected chi connectivity index (χ0v) is 13.8. The van der Waals surface area contributed by atoms with E-state index in [4.69, 9.17) is 4.74 Å². The summed E-state index contributed by atoms with van der Waals surface area (Å²) in [5, 5.41) is 14.0.